The predicted molar refractivity (Wildman–Crippen MR) is 142 cm³/mol. The summed E-state index contributed by atoms with van der Waals surface area (Å²) in [5.41, 5.74) is 0.798. The van der Waals surface area contributed by atoms with E-state index in [1.54, 1.807) is 0 Å². The van der Waals surface area contributed by atoms with Crippen molar-refractivity contribution in [3.63, 3.8) is 0 Å². The molecule has 2 heterocycles. The topological polar surface area (TPSA) is 94.2 Å². The zero-order valence-electron chi connectivity index (χ0n) is 22.2. The normalized spacial score (nSPS) is 21.0. The lowest BCUT2D eigenvalue weighted by Crippen LogP contribution is -2.41. The number of piperidine rings is 1. The average Bonchev–Trinajstić information content (AvgIpc) is 3.31. The number of hydrogen-bond acceptors (Lipinski definition) is 7. The standard InChI is InChI=1S/C27H38F3N7O/c1-17(2)33-25(38)21-8-5-9-23(21)35-24-22(27(28,29)30)16-32-26(36-24)34-20-7-4-6-18(14-20)15-31-19-10-12-37(3)13-11-19/h4,6-7,14,16-17,19,21,23,31H,5,8-13,15H2,1-3H3,(H,33,38)(H2,32,34,35,36)/t21-,23+/m0/s1. The summed E-state index contributed by atoms with van der Waals surface area (Å²) in [4.78, 5) is 23.1. The molecule has 1 aromatic heterocycles. The average molecular weight is 534 g/mol. The van der Waals surface area contributed by atoms with Crippen LogP contribution in [0.3, 0.4) is 0 Å². The summed E-state index contributed by atoms with van der Waals surface area (Å²) >= 11 is 0. The number of carbonyl (C=O) groups excluding carboxylic acids is 1. The number of likely N-dealkylation sites (tertiary alicyclic amines) is 1. The van der Waals surface area contributed by atoms with Crippen molar-refractivity contribution in [1.82, 2.24) is 25.5 Å². The maximum Gasteiger partial charge on any atom is 0.421 e. The van der Waals surface area contributed by atoms with Crippen molar-refractivity contribution in [3.8, 4) is 0 Å². The number of carbonyl (C=O) groups is 1. The number of nitrogens with zero attached hydrogens (tertiary/aromatic N) is 3. The Labute approximate surface area is 222 Å². The molecule has 4 rings (SSSR count). The first-order valence-electron chi connectivity index (χ1n) is 13.4. The molecule has 2 aromatic rings. The van der Waals surface area contributed by atoms with E-state index in [0.29, 0.717) is 31.1 Å². The lowest BCUT2D eigenvalue weighted by Gasteiger charge is -2.29. The highest BCUT2D eigenvalue weighted by molar-refractivity contribution is 5.80. The smallest absolute Gasteiger partial charge is 0.366 e. The molecule has 208 valence electrons. The fourth-order valence-electron chi connectivity index (χ4n) is 5.14. The van der Waals surface area contributed by atoms with E-state index in [-0.39, 0.29) is 23.7 Å². The Morgan fingerprint density at radius 3 is 2.63 bits per heavy atom. The highest BCUT2D eigenvalue weighted by atomic mass is 19.4. The summed E-state index contributed by atoms with van der Waals surface area (Å²) in [5, 5.41) is 12.4. The van der Waals surface area contributed by atoms with Gasteiger partial charge >= 0.3 is 6.18 Å². The van der Waals surface area contributed by atoms with Crippen molar-refractivity contribution in [2.24, 2.45) is 5.92 Å². The van der Waals surface area contributed by atoms with Crippen molar-refractivity contribution in [2.75, 3.05) is 30.8 Å². The van der Waals surface area contributed by atoms with Gasteiger partial charge in [-0.1, -0.05) is 18.6 Å². The summed E-state index contributed by atoms with van der Waals surface area (Å²) in [5.74, 6) is -0.827. The Balaban J connectivity index is 1.46. The SMILES string of the molecule is CC(C)NC(=O)[C@H]1CCC[C@H]1Nc1nc(Nc2cccc(CNC3CCN(C)CC3)c2)ncc1C(F)(F)F. The highest BCUT2D eigenvalue weighted by Gasteiger charge is 2.39. The van der Waals surface area contributed by atoms with E-state index >= 15 is 0 Å². The van der Waals surface area contributed by atoms with Crippen LogP contribution in [-0.2, 0) is 17.5 Å². The fourth-order valence-corrected chi connectivity index (χ4v) is 5.14. The number of rotatable bonds is 9. The Bertz CT molecular complexity index is 1090. The van der Waals surface area contributed by atoms with Crippen molar-refractivity contribution in [2.45, 2.75) is 76.8 Å². The Hall–Kier alpha value is -2.92. The van der Waals surface area contributed by atoms with Gasteiger partial charge in [-0.15, -0.1) is 0 Å². The molecule has 0 bridgehead atoms. The van der Waals surface area contributed by atoms with Gasteiger partial charge in [-0.2, -0.15) is 18.2 Å². The number of nitrogens with one attached hydrogen (secondary N) is 4. The largest absolute Gasteiger partial charge is 0.421 e. The molecule has 11 heteroatoms. The minimum absolute atomic E-state index is 0.0420. The predicted octanol–water partition coefficient (Wildman–Crippen LogP) is 4.53. The molecule has 1 aromatic carbocycles. The van der Waals surface area contributed by atoms with Crippen LogP contribution in [0, 0.1) is 5.92 Å². The molecule has 1 saturated carbocycles. The van der Waals surface area contributed by atoms with Crippen LogP contribution in [0.15, 0.2) is 30.5 Å². The number of aromatic nitrogens is 2. The second-order valence-electron chi connectivity index (χ2n) is 10.7. The number of alkyl halides is 3. The van der Waals surface area contributed by atoms with Crippen molar-refractivity contribution >= 4 is 23.4 Å². The van der Waals surface area contributed by atoms with Crippen LogP contribution in [0.25, 0.3) is 0 Å². The lowest BCUT2D eigenvalue weighted by atomic mass is 10.0. The summed E-state index contributed by atoms with van der Waals surface area (Å²) in [6.07, 6.45) is 0.327. The molecule has 0 radical (unpaired) electrons. The van der Waals surface area contributed by atoms with Crippen LogP contribution in [0.5, 0.6) is 0 Å². The van der Waals surface area contributed by atoms with E-state index in [1.807, 2.05) is 38.1 Å². The molecule has 1 amide bonds. The number of hydrogen-bond donors (Lipinski definition) is 4. The first-order valence-corrected chi connectivity index (χ1v) is 13.4. The minimum atomic E-state index is -4.63. The Morgan fingerprint density at radius 1 is 1.16 bits per heavy atom. The minimum Gasteiger partial charge on any atom is -0.366 e. The van der Waals surface area contributed by atoms with Crippen molar-refractivity contribution in [3.05, 3.63) is 41.6 Å². The van der Waals surface area contributed by atoms with Gasteiger partial charge in [0.15, 0.2) is 0 Å². The van der Waals surface area contributed by atoms with E-state index in [2.05, 4.69) is 43.2 Å². The molecule has 8 nitrogen and oxygen atoms in total. The van der Waals surface area contributed by atoms with Crippen LogP contribution < -0.4 is 21.3 Å². The van der Waals surface area contributed by atoms with Crippen molar-refractivity contribution < 1.29 is 18.0 Å². The van der Waals surface area contributed by atoms with Crippen LogP contribution in [-0.4, -0.2) is 59.0 Å². The third-order valence-corrected chi connectivity index (χ3v) is 7.20. The molecular formula is C27H38F3N7O. The first-order chi connectivity index (χ1) is 18.1. The van der Waals surface area contributed by atoms with E-state index in [1.165, 1.54) is 0 Å². The number of halogens is 3. The monoisotopic (exact) mass is 533 g/mol. The molecule has 2 atom stereocenters. The van der Waals surface area contributed by atoms with E-state index in [4.69, 9.17) is 0 Å². The molecule has 1 aliphatic heterocycles. The number of anilines is 3. The number of amides is 1. The van der Waals surface area contributed by atoms with E-state index < -0.39 is 23.7 Å². The maximum atomic E-state index is 13.8. The molecule has 2 fully saturated rings. The van der Waals surface area contributed by atoms with Gasteiger partial charge in [-0.25, -0.2) is 4.98 Å². The number of benzene rings is 1. The van der Waals surface area contributed by atoms with Gasteiger partial charge in [0, 0.05) is 36.6 Å². The molecule has 38 heavy (non-hydrogen) atoms. The molecule has 0 spiro atoms. The maximum absolute atomic E-state index is 13.8. The third kappa shape index (κ3) is 7.57. The quantitative estimate of drug-likeness (QED) is 0.376. The zero-order chi connectivity index (χ0) is 27.3. The summed E-state index contributed by atoms with van der Waals surface area (Å²) in [7, 11) is 2.13. The second kappa shape index (κ2) is 12.3. The van der Waals surface area contributed by atoms with Gasteiger partial charge in [-0.3, -0.25) is 4.79 Å². The van der Waals surface area contributed by atoms with Gasteiger partial charge in [0.05, 0.1) is 5.92 Å². The van der Waals surface area contributed by atoms with E-state index in [9.17, 15) is 18.0 Å². The van der Waals surface area contributed by atoms with E-state index in [0.717, 1.165) is 44.1 Å². The van der Waals surface area contributed by atoms with Gasteiger partial charge in [-0.05, 0) is 77.4 Å². The summed E-state index contributed by atoms with van der Waals surface area (Å²) in [6, 6.07) is 7.67. The summed E-state index contributed by atoms with van der Waals surface area (Å²) in [6.45, 7) is 6.57. The molecule has 1 aliphatic carbocycles. The van der Waals surface area contributed by atoms with Crippen LogP contribution >= 0.6 is 0 Å². The van der Waals surface area contributed by atoms with Crippen LogP contribution in [0.1, 0.15) is 57.1 Å². The zero-order valence-corrected chi connectivity index (χ0v) is 22.2. The molecule has 1 saturated heterocycles. The lowest BCUT2D eigenvalue weighted by molar-refractivity contribution is -0.137. The molecular weight excluding hydrogens is 495 g/mol. The second-order valence-corrected chi connectivity index (χ2v) is 10.7. The van der Waals surface area contributed by atoms with Gasteiger partial charge in [0.25, 0.3) is 0 Å². The first kappa shape index (κ1) is 28.1. The Morgan fingerprint density at radius 2 is 1.92 bits per heavy atom. The molecule has 4 N–H and O–H groups in total. The Kier molecular flexibility index (Phi) is 9.09. The van der Waals surface area contributed by atoms with Crippen LogP contribution in [0.4, 0.5) is 30.6 Å². The van der Waals surface area contributed by atoms with Crippen molar-refractivity contribution in [1.29, 1.82) is 0 Å². The highest BCUT2D eigenvalue weighted by Crippen LogP contribution is 2.36. The molecule has 2 aliphatic rings. The molecule has 0 unspecified atom stereocenters. The fraction of sp³-hybridized carbons (Fsp3) is 0.593. The summed E-state index contributed by atoms with van der Waals surface area (Å²) < 4.78 is 41.4. The van der Waals surface area contributed by atoms with Crippen LogP contribution in [0.2, 0.25) is 0 Å². The van der Waals surface area contributed by atoms with Gasteiger partial charge in [0.1, 0.15) is 11.4 Å². The third-order valence-electron chi connectivity index (χ3n) is 7.20. The van der Waals surface area contributed by atoms with Gasteiger partial charge < -0.3 is 26.2 Å². The van der Waals surface area contributed by atoms with Gasteiger partial charge in [0.2, 0.25) is 11.9 Å².